The number of carbonyl (C=O) groups excluding carboxylic acids is 2. The van der Waals surface area contributed by atoms with E-state index in [0.29, 0.717) is 23.4 Å². The molecule has 11 heteroatoms. The van der Waals surface area contributed by atoms with Gasteiger partial charge in [0.15, 0.2) is 0 Å². The number of hydrogen-bond donors (Lipinski definition) is 1. The minimum absolute atomic E-state index is 0.0378. The molecule has 3 heterocycles. The van der Waals surface area contributed by atoms with E-state index in [2.05, 4.69) is 20.4 Å². The summed E-state index contributed by atoms with van der Waals surface area (Å²) in [5.41, 5.74) is 1.63. The third-order valence-corrected chi connectivity index (χ3v) is 5.02. The van der Waals surface area contributed by atoms with E-state index in [9.17, 15) is 22.8 Å². The van der Waals surface area contributed by atoms with Crippen molar-refractivity contribution in [3.8, 4) is 0 Å². The van der Waals surface area contributed by atoms with Gasteiger partial charge in [-0.3, -0.25) is 9.59 Å². The van der Waals surface area contributed by atoms with Crippen molar-refractivity contribution in [2.75, 3.05) is 19.6 Å². The molecule has 1 aliphatic rings. The maximum Gasteiger partial charge on any atom is 0.453 e. The second kappa shape index (κ2) is 8.34. The van der Waals surface area contributed by atoms with Crippen molar-refractivity contribution in [3.63, 3.8) is 0 Å². The number of hydrogen-bond acceptors (Lipinski definition) is 5. The number of alkyl halides is 3. The highest BCUT2D eigenvalue weighted by Crippen LogP contribution is 2.27. The molecule has 158 valence electrons. The number of nitrogens with zero attached hydrogens (tertiary/aromatic N) is 5. The fourth-order valence-corrected chi connectivity index (χ4v) is 3.45. The van der Waals surface area contributed by atoms with E-state index in [-0.39, 0.29) is 37.0 Å². The van der Waals surface area contributed by atoms with Gasteiger partial charge in [0, 0.05) is 43.9 Å². The Bertz CT molecular complexity index is 918. The number of nitrogens with one attached hydrogen (secondary N) is 1. The highest BCUT2D eigenvalue weighted by molar-refractivity contribution is 5.79. The second-order valence-electron chi connectivity index (χ2n) is 7.09. The van der Waals surface area contributed by atoms with Gasteiger partial charge in [-0.2, -0.15) is 18.2 Å². The van der Waals surface area contributed by atoms with Crippen LogP contribution in [0.1, 0.15) is 48.5 Å². The fourth-order valence-electron chi connectivity index (χ4n) is 3.45. The summed E-state index contributed by atoms with van der Waals surface area (Å²) in [6.45, 7) is 5.11. The van der Waals surface area contributed by atoms with Crippen LogP contribution in [0.15, 0.2) is 0 Å². The molecular formula is C18H23F3N6O2. The van der Waals surface area contributed by atoms with Crippen LogP contribution in [0.3, 0.4) is 0 Å². The van der Waals surface area contributed by atoms with Gasteiger partial charge in [-0.25, -0.2) is 9.50 Å². The van der Waals surface area contributed by atoms with E-state index >= 15 is 0 Å². The summed E-state index contributed by atoms with van der Waals surface area (Å²) in [7, 11) is 0. The van der Waals surface area contributed by atoms with Crippen LogP contribution in [-0.2, 0) is 22.2 Å². The van der Waals surface area contributed by atoms with Crippen LogP contribution in [0.2, 0.25) is 0 Å². The smallest absolute Gasteiger partial charge is 0.356 e. The van der Waals surface area contributed by atoms with Gasteiger partial charge < -0.3 is 10.2 Å². The molecule has 1 fully saturated rings. The molecule has 3 rings (SSSR count). The SMILES string of the molecule is Cc1nc2nc(C(F)(F)F)nn2c(C)c1CCC(=O)NCCC(=O)N1CCCC1. The number of aromatic nitrogens is 4. The molecule has 0 aliphatic carbocycles. The zero-order chi connectivity index (χ0) is 21.2. The average Bonchev–Trinajstić information content (AvgIpc) is 3.30. The van der Waals surface area contributed by atoms with Crippen molar-refractivity contribution in [1.29, 1.82) is 0 Å². The molecule has 2 amide bonds. The molecule has 0 aromatic carbocycles. The Morgan fingerprint density at radius 2 is 1.79 bits per heavy atom. The molecule has 0 atom stereocenters. The highest BCUT2D eigenvalue weighted by Gasteiger charge is 2.37. The zero-order valence-corrected chi connectivity index (χ0v) is 16.3. The molecule has 0 bridgehead atoms. The Hall–Kier alpha value is -2.72. The van der Waals surface area contributed by atoms with Crippen LogP contribution in [-0.4, -0.2) is 55.9 Å². The number of likely N-dealkylation sites (tertiary alicyclic amines) is 1. The van der Waals surface area contributed by atoms with Crippen LogP contribution in [0.25, 0.3) is 5.78 Å². The molecule has 0 saturated carbocycles. The predicted octanol–water partition coefficient (Wildman–Crippen LogP) is 1.82. The van der Waals surface area contributed by atoms with Crippen LogP contribution in [0.4, 0.5) is 13.2 Å². The summed E-state index contributed by atoms with van der Waals surface area (Å²) in [6.07, 6.45) is -1.92. The molecule has 2 aromatic heterocycles. The van der Waals surface area contributed by atoms with E-state index < -0.39 is 12.0 Å². The molecule has 0 spiro atoms. The van der Waals surface area contributed by atoms with Crippen LogP contribution < -0.4 is 5.32 Å². The van der Waals surface area contributed by atoms with Crippen molar-refractivity contribution in [3.05, 3.63) is 22.8 Å². The van der Waals surface area contributed by atoms with Crippen LogP contribution in [0, 0.1) is 13.8 Å². The molecule has 1 saturated heterocycles. The first-order valence-electron chi connectivity index (χ1n) is 9.51. The molecule has 1 aliphatic heterocycles. The van der Waals surface area contributed by atoms with Gasteiger partial charge in [-0.05, 0) is 38.7 Å². The van der Waals surface area contributed by atoms with Crippen molar-refractivity contribution in [2.45, 2.75) is 52.1 Å². The van der Waals surface area contributed by atoms with Gasteiger partial charge >= 0.3 is 6.18 Å². The Labute approximate surface area is 165 Å². The fraction of sp³-hybridized carbons (Fsp3) is 0.611. The first kappa shape index (κ1) is 21.0. The Morgan fingerprint density at radius 1 is 1.10 bits per heavy atom. The predicted molar refractivity (Wildman–Crippen MR) is 97.0 cm³/mol. The average molecular weight is 412 g/mol. The van der Waals surface area contributed by atoms with Gasteiger partial charge in [-0.15, -0.1) is 5.10 Å². The highest BCUT2D eigenvalue weighted by atomic mass is 19.4. The molecule has 0 radical (unpaired) electrons. The summed E-state index contributed by atoms with van der Waals surface area (Å²) in [5.74, 6) is -1.56. The Balaban J connectivity index is 1.58. The van der Waals surface area contributed by atoms with Gasteiger partial charge in [-0.1, -0.05) is 0 Å². The lowest BCUT2D eigenvalue weighted by Gasteiger charge is -2.15. The second-order valence-corrected chi connectivity index (χ2v) is 7.09. The maximum absolute atomic E-state index is 12.8. The summed E-state index contributed by atoms with van der Waals surface area (Å²) in [5, 5.41) is 6.21. The van der Waals surface area contributed by atoms with E-state index in [1.165, 1.54) is 0 Å². The first-order valence-corrected chi connectivity index (χ1v) is 9.51. The summed E-state index contributed by atoms with van der Waals surface area (Å²) < 4.78 is 39.6. The van der Waals surface area contributed by atoms with Gasteiger partial charge in [0.25, 0.3) is 11.6 Å². The number of halogens is 3. The standard InChI is InChI=1S/C18H23F3N6O2/c1-11-13(12(2)27-17(23-11)24-16(25-27)18(19,20)21)5-6-14(28)22-8-7-15(29)26-9-3-4-10-26/h3-10H2,1-2H3,(H,22,28). The first-order chi connectivity index (χ1) is 13.7. The lowest BCUT2D eigenvalue weighted by atomic mass is 10.1. The maximum atomic E-state index is 12.8. The molecular weight excluding hydrogens is 389 g/mol. The molecule has 2 aromatic rings. The monoisotopic (exact) mass is 412 g/mol. The van der Waals surface area contributed by atoms with E-state index in [4.69, 9.17) is 0 Å². The quantitative estimate of drug-likeness (QED) is 0.781. The lowest BCUT2D eigenvalue weighted by Crippen LogP contribution is -2.32. The van der Waals surface area contributed by atoms with Crippen molar-refractivity contribution < 1.29 is 22.8 Å². The third-order valence-electron chi connectivity index (χ3n) is 5.02. The van der Waals surface area contributed by atoms with E-state index in [1.807, 2.05) is 0 Å². The topological polar surface area (TPSA) is 92.5 Å². The lowest BCUT2D eigenvalue weighted by molar-refractivity contribution is -0.144. The number of rotatable bonds is 6. The summed E-state index contributed by atoms with van der Waals surface area (Å²) in [4.78, 5) is 33.4. The van der Waals surface area contributed by atoms with Gasteiger partial charge in [0.1, 0.15) is 0 Å². The Morgan fingerprint density at radius 3 is 2.45 bits per heavy atom. The van der Waals surface area contributed by atoms with E-state index in [1.54, 1.807) is 18.7 Å². The van der Waals surface area contributed by atoms with Gasteiger partial charge in [0.2, 0.25) is 11.8 Å². The number of carbonyl (C=O) groups is 2. The van der Waals surface area contributed by atoms with Crippen molar-refractivity contribution in [2.24, 2.45) is 0 Å². The summed E-state index contributed by atoms with van der Waals surface area (Å²) >= 11 is 0. The minimum atomic E-state index is -4.65. The Kier molecular flexibility index (Phi) is 6.04. The van der Waals surface area contributed by atoms with Crippen molar-refractivity contribution >= 4 is 17.6 Å². The van der Waals surface area contributed by atoms with E-state index in [0.717, 1.165) is 30.4 Å². The normalized spacial score (nSPS) is 14.6. The summed E-state index contributed by atoms with van der Waals surface area (Å²) in [6, 6.07) is 0. The molecule has 8 nitrogen and oxygen atoms in total. The van der Waals surface area contributed by atoms with Crippen molar-refractivity contribution in [1.82, 2.24) is 29.8 Å². The number of aryl methyl sites for hydroxylation is 2. The molecule has 29 heavy (non-hydrogen) atoms. The minimum Gasteiger partial charge on any atom is -0.356 e. The number of amides is 2. The zero-order valence-electron chi connectivity index (χ0n) is 16.3. The van der Waals surface area contributed by atoms with Crippen LogP contribution in [0.5, 0.6) is 0 Å². The van der Waals surface area contributed by atoms with Crippen LogP contribution >= 0.6 is 0 Å². The largest absolute Gasteiger partial charge is 0.453 e. The molecule has 1 N–H and O–H groups in total. The van der Waals surface area contributed by atoms with Gasteiger partial charge in [0.05, 0.1) is 0 Å². The molecule has 0 unspecified atom stereocenters. The number of fused-ring (bicyclic) bond motifs is 1. The third kappa shape index (κ3) is 4.83.